The molecule has 2 aromatic carbocycles. The highest BCUT2D eigenvalue weighted by Gasteiger charge is 2.10. The Hall–Kier alpha value is -3.28. The first-order valence-corrected chi connectivity index (χ1v) is 10.5. The molecule has 0 fully saturated rings. The van der Waals surface area contributed by atoms with E-state index in [-0.39, 0.29) is 11.3 Å². The third-order valence-electron chi connectivity index (χ3n) is 4.42. The van der Waals surface area contributed by atoms with Gasteiger partial charge in [-0.3, -0.25) is 4.79 Å². The SMILES string of the molecule is C=C(C)O.C=CC(=C)CNCc1cc2ccc(Cl)cc2n(CCOc2ccccc2)c1=O. The molecule has 0 aliphatic heterocycles. The molecule has 3 aromatic rings. The summed E-state index contributed by atoms with van der Waals surface area (Å²) in [5.74, 6) is 0.943. The van der Waals surface area contributed by atoms with E-state index >= 15 is 0 Å². The first kappa shape index (κ1) is 25.0. The van der Waals surface area contributed by atoms with E-state index in [1.165, 1.54) is 6.92 Å². The number of nitrogens with zero attached hydrogens (tertiary/aromatic N) is 1. The molecule has 1 heterocycles. The number of aromatic nitrogens is 1. The molecule has 0 saturated carbocycles. The van der Waals surface area contributed by atoms with Crippen molar-refractivity contribution in [3.05, 3.63) is 113 Å². The third kappa shape index (κ3) is 7.76. The number of halogens is 1. The molecule has 0 unspecified atom stereocenters. The Morgan fingerprint density at radius 3 is 2.53 bits per heavy atom. The monoisotopic (exact) mass is 452 g/mol. The highest BCUT2D eigenvalue weighted by molar-refractivity contribution is 6.31. The molecular weight excluding hydrogens is 424 g/mol. The van der Waals surface area contributed by atoms with Gasteiger partial charge in [-0.25, -0.2) is 0 Å². The number of benzene rings is 2. The predicted octanol–water partition coefficient (Wildman–Crippen LogP) is 5.64. The van der Waals surface area contributed by atoms with Gasteiger partial charge in [0.2, 0.25) is 0 Å². The van der Waals surface area contributed by atoms with Crippen LogP contribution in [-0.2, 0) is 13.1 Å². The van der Waals surface area contributed by atoms with Gasteiger partial charge in [-0.1, -0.05) is 61.7 Å². The Labute approximate surface area is 193 Å². The zero-order valence-corrected chi connectivity index (χ0v) is 19.1. The minimum atomic E-state index is -0.0526. The van der Waals surface area contributed by atoms with Crippen molar-refractivity contribution in [2.45, 2.75) is 20.0 Å². The van der Waals surface area contributed by atoms with E-state index in [0.29, 0.717) is 36.8 Å². The molecule has 168 valence electrons. The zero-order chi connectivity index (χ0) is 23.5. The summed E-state index contributed by atoms with van der Waals surface area (Å²) in [6.07, 6.45) is 1.70. The van der Waals surface area contributed by atoms with Crippen LogP contribution in [0.3, 0.4) is 0 Å². The van der Waals surface area contributed by atoms with Crippen LogP contribution in [-0.4, -0.2) is 22.8 Å². The van der Waals surface area contributed by atoms with Crippen molar-refractivity contribution in [2.24, 2.45) is 0 Å². The summed E-state index contributed by atoms with van der Waals surface area (Å²) in [4.78, 5) is 13.1. The molecule has 32 heavy (non-hydrogen) atoms. The summed E-state index contributed by atoms with van der Waals surface area (Å²) >= 11 is 6.17. The molecule has 0 aliphatic carbocycles. The van der Waals surface area contributed by atoms with Gasteiger partial charge in [-0.15, -0.1) is 0 Å². The number of para-hydroxylation sites is 1. The van der Waals surface area contributed by atoms with E-state index in [1.807, 2.05) is 54.6 Å². The standard InChI is InChI=1S/C23H23ClN2O2.C3H6O/c1-3-17(2)15-25-16-19-13-18-9-10-20(24)14-22(18)26(23(19)27)11-12-28-21-7-5-4-6-8-21;1-3(2)4/h3-10,13-14,25H,1-2,11-12,15-16H2;4H,1H2,2H3. The van der Waals surface area contributed by atoms with Crippen LogP contribution >= 0.6 is 11.6 Å². The third-order valence-corrected chi connectivity index (χ3v) is 4.65. The first-order chi connectivity index (χ1) is 15.3. The fraction of sp³-hybridized carbons (Fsp3) is 0.192. The van der Waals surface area contributed by atoms with E-state index < -0.39 is 0 Å². The van der Waals surface area contributed by atoms with E-state index in [0.717, 1.165) is 22.2 Å². The maximum absolute atomic E-state index is 13.1. The van der Waals surface area contributed by atoms with Gasteiger partial charge < -0.3 is 19.7 Å². The van der Waals surface area contributed by atoms with Crippen LogP contribution in [0.2, 0.25) is 5.02 Å². The van der Waals surface area contributed by atoms with Crippen LogP contribution in [0.25, 0.3) is 10.9 Å². The number of nitrogens with one attached hydrogen (secondary N) is 1. The fourth-order valence-electron chi connectivity index (χ4n) is 2.95. The predicted molar refractivity (Wildman–Crippen MR) is 134 cm³/mol. The van der Waals surface area contributed by atoms with Crippen LogP contribution < -0.4 is 15.6 Å². The van der Waals surface area contributed by atoms with Crippen molar-refractivity contribution < 1.29 is 9.84 Å². The molecule has 0 radical (unpaired) electrons. The van der Waals surface area contributed by atoms with Crippen LogP contribution in [0.1, 0.15) is 12.5 Å². The highest BCUT2D eigenvalue weighted by Crippen LogP contribution is 2.19. The van der Waals surface area contributed by atoms with Crippen molar-refractivity contribution in [1.82, 2.24) is 9.88 Å². The molecule has 0 atom stereocenters. The number of hydrogen-bond acceptors (Lipinski definition) is 4. The molecule has 0 amide bonds. The maximum atomic E-state index is 13.1. The number of rotatable bonds is 9. The maximum Gasteiger partial charge on any atom is 0.255 e. The molecule has 6 heteroatoms. The van der Waals surface area contributed by atoms with Gasteiger partial charge in [0.15, 0.2) is 0 Å². The average molecular weight is 453 g/mol. The number of ether oxygens (including phenoxy) is 1. The Morgan fingerprint density at radius 2 is 1.88 bits per heavy atom. The Morgan fingerprint density at radius 1 is 1.19 bits per heavy atom. The molecule has 0 bridgehead atoms. The van der Waals surface area contributed by atoms with Crippen molar-refractivity contribution in [1.29, 1.82) is 0 Å². The largest absolute Gasteiger partial charge is 0.513 e. The number of aliphatic hydroxyl groups excluding tert-OH is 1. The van der Waals surface area contributed by atoms with Crippen LogP contribution in [0.4, 0.5) is 0 Å². The van der Waals surface area contributed by atoms with Gasteiger partial charge in [0, 0.05) is 23.7 Å². The summed E-state index contributed by atoms with van der Waals surface area (Å²) in [5, 5.41) is 12.7. The summed E-state index contributed by atoms with van der Waals surface area (Å²) in [5.41, 5.74) is 2.31. The molecule has 2 N–H and O–H groups in total. The lowest BCUT2D eigenvalue weighted by Gasteiger charge is -2.14. The topological polar surface area (TPSA) is 63.5 Å². The molecule has 3 rings (SSSR count). The number of pyridine rings is 1. The van der Waals surface area contributed by atoms with E-state index in [9.17, 15) is 4.79 Å². The van der Waals surface area contributed by atoms with Gasteiger partial charge in [0.25, 0.3) is 5.56 Å². The summed E-state index contributed by atoms with van der Waals surface area (Å²) in [6, 6.07) is 17.0. The van der Waals surface area contributed by atoms with Crippen LogP contribution in [0, 0.1) is 0 Å². The zero-order valence-electron chi connectivity index (χ0n) is 18.3. The smallest absolute Gasteiger partial charge is 0.255 e. The molecule has 5 nitrogen and oxygen atoms in total. The molecule has 0 spiro atoms. The number of allylic oxidation sites excluding steroid dienone is 1. The van der Waals surface area contributed by atoms with Crippen LogP contribution in [0.5, 0.6) is 5.75 Å². The second-order valence-electron chi connectivity index (χ2n) is 7.19. The van der Waals surface area contributed by atoms with E-state index in [4.69, 9.17) is 21.4 Å². The van der Waals surface area contributed by atoms with Crippen molar-refractivity contribution >= 4 is 22.5 Å². The first-order valence-electron chi connectivity index (χ1n) is 10.2. The van der Waals surface area contributed by atoms with Crippen molar-refractivity contribution in [3.63, 3.8) is 0 Å². The summed E-state index contributed by atoms with van der Waals surface area (Å²) in [7, 11) is 0. The minimum Gasteiger partial charge on any atom is -0.513 e. The van der Waals surface area contributed by atoms with Gasteiger partial charge in [-0.05, 0) is 48.2 Å². The number of hydrogen-bond donors (Lipinski definition) is 2. The highest BCUT2D eigenvalue weighted by atomic mass is 35.5. The quantitative estimate of drug-likeness (QED) is 0.325. The summed E-state index contributed by atoms with van der Waals surface area (Å²) in [6.45, 7) is 14.1. The van der Waals surface area contributed by atoms with E-state index in [2.05, 4.69) is 25.1 Å². The van der Waals surface area contributed by atoms with Gasteiger partial charge in [0.1, 0.15) is 12.4 Å². The minimum absolute atomic E-state index is 0.0526. The van der Waals surface area contributed by atoms with Crippen LogP contribution in [0.15, 0.2) is 96.5 Å². The second kappa shape index (κ2) is 12.5. The lowest BCUT2D eigenvalue weighted by atomic mass is 10.1. The van der Waals surface area contributed by atoms with E-state index in [1.54, 1.807) is 10.6 Å². The molecule has 0 aliphatic rings. The van der Waals surface area contributed by atoms with Gasteiger partial charge >= 0.3 is 0 Å². The Kier molecular flexibility index (Phi) is 9.79. The molecule has 0 saturated heterocycles. The lowest BCUT2D eigenvalue weighted by molar-refractivity contribution is 0.298. The Bertz CT molecular complexity index is 1130. The second-order valence-corrected chi connectivity index (χ2v) is 7.63. The van der Waals surface area contributed by atoms with Gasteiger partial charge in [-0.2, -0.15) is 0 Å². The number of aliphatic hydroxyl groups is 1. The fourth-order valence-corrected chi connectivity index (χ4v) is 3.12. The molecular formula is C26H29ClN2O3. The Balaban J connectivity index is 0.000000837. The molecule has 1 aromatic heterocycles. The number of fused-ring (bicyclic) bond motifs is 1. The lowest BCUT2D eigenvalue weighted by Crippen LogP contribution is -2.29. The van der Waals surface area contributed by atoms with Crippen molar-refractivity contribution in [3.8, 4) is 5.75 Å². The van der Waals surface area contributed by atoms with Crippen molar-refractivity contribution in [2.75, 3.05) is 13.2 Å². The van der Waals surface area contributed by atoms with Gasteiger partial charge in [0.05, 0.1) is 17.8 Å². The summed E-state index contributed by atoms with van der Waals surface area (Å²) < 4.78 is 7.51. The normalized spacial score (nSPS) is 10.2. The average Bonchev–Trinajstić information content (AvgIpc) is 2.76.